The van der Waals surface area contributed by atoms with Crippen molar-refractivity contribution in [2.24, 2.45) is 11.7 Å². The minimum atomic E-state index is -0.591. The smallest absolute Gasteiger partial charge is 0.242 e. The van der Waals surface area contributed by atoms with E-state index in [4.69, 9.17) is 5.73 Å². The van der Waals surface area contributed by atoms with Crippen LogP contribution in [-0.4, -0.2) is 22.0 Å². The van der Waals surface area contributed by atoms with Crippen LogP contribution in [0.2, 0.25) is 0 Å². The number of carbonyl (C=O) groups is 1. The van der Waals surface area contributed by atoms with E-state index in [1.807, 2.05) is 13.8 Å². The highest BCUT2D eigenvalue weighted by molar-refractivity contribution is 5.95. The number of hydrogen-bond acceptors (Lipinski definition) is 4. The van der Waals surface area contributed by atoms with Crippen LogP contribution in [0.4, 0.5) is 5.82 Å². The van der Waals surface area contributed by atoms with E-state index in [1.165, 1.54) is 12.3 Å². The molecule has 1 rings (SSSR count). The second-order valence-electron chi connectivity index (χ2n) is 3.77. The van der Waals surface area contributed by atoms with Crippen molar-refractivity contribution in [3.05, 3.63) is 18.3 Å². The number of nitrogens with two attached hydrogens (primary N) is 1. The molecular formula is C11H17N3O2. The lowest BCUT2D eigenvalue weighted by molar-refractivity contribution is -0.118. The van der Waals surface area contributed by atoms with E-state index in [9.17, 15) is 9.90 Å². The van der Waals surface area contributed by atoms with Gasteiger partial charge in [-0.05, 0) is 18.1 Å². The Morgan fingerprint density at radius 3 is 2.94 bits per heavy atom. The van der Waals surface area contributed by atoms with Gasteiger partial charge in [0.25, 0.3) is 0 Å². The van der Waals surface area contributed by atoms with E-state index >= 15 is 0 Å². The number of anilines is 1. The van der Waals surface area contributed by atoms with Gasteiger partial charge in [0.05, 0.1) is 6.04 Å². The Bertz CT molecular complexity index is 368. The van der Waals surface area contributed by atoms with Crippen molar-refractivity contribution in [1.29, 1.82) is 0 Å². The van der Waals surface area contributed by atoms with Gasteiger partial charge in [0, 0.05) is 6.20 Å². The lowest BCUT2D eigenvalue weighted by Crippen LogP contribution is -2.40. The fraction of sp³-hybridized carbons (Fsp3) is 0.455. The van der Waals surface area contributed by atoms with Crippen molar-refractivity contribution >= 4 is 11.7 Å². The van der Waals surface area contributed by atoms with Gasteiger partial charge in [0.2, 0.25) is 5.91 Å². The van der Waals surface area contributed by atoms with Gasteiger partial charge < -0.3 is 16.2 Å². The molecule has 5 heteroatoms. The number of aromatic hydroxyl groups is 1. The summed E-state index contributed by atoms with van der Waals surface area (Å²) in [5.74, 6) is -0.160. The number of pyridine rings is 1. The average molecular weight is 223 g/mol. The van der Waals surface area contributed by atoms with E-state index in [0.29, 0.717) is 0 Å². The highest BCUT2D eigenvalue weighted by Crippen LogP contribution is 2.19. The Labute approximate surface area is 94.7 Å². The highest BCUT2D eigenvalue weighted by Gasteiger charge is 2.20. The van der Waals surface area contributed by atoms with E-state index in [0.717, 1.165) is 6.42 Å². The maximum Gasteiger partial charge on any atom is 0.242 e. The maximum absolute atomic E-state index is 11.7. The first kappa shape index (κ1) is 12.4. The number of nitrogens with zero attached hydrogens (tertiary/aromatic N) is 1. The zero-order valence-electron chi connectivity index (χ0n) is 9.47. The molecule has 16 heavy (non-hydrogen) atoms. The minimum absolute atomic E-state index is 0.0628. The van der Waals surface area contributed by atoms with Crippen LogP contribution in [0, 0.1) is 5.92 Å². The fourth-order valence-electron chi connectivity index (χ4n) is 1.21. The summed E-state index contributed by atoms with van der Waals surface area (Å²) in [6, 6.07) is 2.45. The molecule has 0 saturated heterocycles. The number of aromatic nitrogens is 1. The molecule has 0 radical (unpaired) electrons. The number of hydrogen-bond donors (Lipinski definition) is 3. The summed E-state index contributed by atoms with van der Waals surface area (Å²) in [4.78, 5) is 15.5. The molecule has 0 fully saturated rings. The lowest BCUT2D eigenvalue weighted by atomic mass is 9.99. The van der Waals surface area contributed by atoms with Gasteiger partial charge in [0.1, 0.15) is 0 Å². The molecule has 2 atom stereocenters. The first-order valence-electron chi connectivity index (χ1n) is 5.26. The average Bonchev–Trinajstić information content (AvgIpc) is 2.30. The zero-order valence-corrected chi connectivity index (χ0v) is 9.47. The molecule has 5 nitrogen and oxygen atoms in total. The minimum Gasteiger partial charge on any atom is -0.504 e. The summed E-state index contributed by atoms with van der Waals surface area (Å²) in [6.45, 7) is 3.87. The molecule has 88 valence electrons. The van der Waals surface area contributed by atoms with Crippen LogP contribution in [0.3, 0.4) is 0 Å². The zero-order chi connectivity index (χ0) is 12.1. The van der Waals surface area contributed by atoms with Gasteiger partial charge in [-0.3, -0.25) is 4.79 Å². The molecule has 0 saturated carbocycles. The van der Waals surface area contributed by atoms with E-state index < -0.39 is 6.04 Å². The maximum atomic E-state index is 11.7. The SMILES string of the molecule is CCC(C)[C@H](N)C(=O)Nc1ncccc1O. The van der Waals surface area contributed by atoms with Gasteiger partial charge in [-0.1, -0.05) is 20.3 Å². The largest absolute Gasteiger partial charge is 0.504 e. The van der Waals surface area contributed by atoms with Crippen molar-refractivity contribution in [3.8, 4) is 5.75 Å². The molecule has 1 unspecified atom stereocenters. The van der Waals surface area contributed by atoms with E-state index in [2.05, 4.69) is 10.3 Å². The summed E-state index contributed by atoms with van der Waals surface area (Å²) in [5.41, 5.74) is 5.75. The Morgan fingerprint density at radius 1 is 1.69 bits per heavy atom. The topological polar surface area (TPSA) is 88.2 Å². The van der Waals surface area contributed by atoms with Crippen LogP contribution in [0.25, 0.3) is 0 Å². The van der Waals surface area contributed by atoms with E-state index in [-0.39, 0.29) is 23.4 Å². The molecule has 1 aromatic heterocycles. The van der Waals surface area contributed by atoms with Gasteiger partial charge >= 0.3 is 0 Å². The highest BCUT2D eigenvalue weighted by atomic mass is 16.3. The molecule has 0 spiro atoms. The molecule has 0 bridgehead atoms. The number of amides is 1. The third kappa shape index (κ3) is 2.93. The molecule has 1 amide bonds. The van der Waals surface area contributed by atoms with Crippen LogP contribution < -0.4 is 11.1 Å². The van der Waals surface area contributed by atoms with Gasteiger partial charge in [-0.25, -0.2) is 4.98 Å². The lowest BCUT2D eigenvalue weighted by Gasteiger charge is -2.17. The van der Waals surface area contributed by atoms with Crippen LogP contribution in [0.15, 0.2) is 18.3 Å². The predicted molar refractivity (Wildman–Crippen MR) is 62.0 cm³/mol. The van der Waals surface area contributed by atoms with Gasteiger partial charge in [-0.15, -0.1) is 0 Å². The van der Waals surface area contributed by atoms with Crippen LogP contribution in [-0.2, 0) is 4.79 Å². The van der Waals surface area contributed by atoms with Crippen LogP contribution in [0.5, 0.6) is 5.75 Å². The quantitative estimate of drug-likeness (QED) is 0.713. The van der Waals surface area contributed by atoms with Crippen molar-refractivity contribution < 1.29 is 9.90 Å². The van der Waals surface area contributed by atoms with Crippen LogP contribution >= 0.6 is 0 Å². The standard InChI is InChI=1S/C11H17N3O2/c1-3-7(2)9(12)11(16)14-10-8(15)5-4-6-13-10/h4-7,9,15H,3,12H2,1-2H3,(H,13,14,16)/t7?,9-/m0/s1. The molecule has 0 aliphatic carbocycles. The number of carbonyl (C=O) groups excluding carboxylic acids is 1. The normalized spacial score (nSPS) is 14.2. The predicted octanol–water partition coefficient (Wildman–Crippen LogP) is 1.10. The summed E-state index contributed by atoms with van der Waals surface area (Å²) < 4.78 is 0. The monoisotopic (exact) mass is 223 g/mol. The first-order chi connectivity index (χ1) is 7.56. The molecular weight excluding hydrogens is 206 g/mol. The Morgan fingerprint density at radius 2 is 2.38 bits per heavy atom. The molecule has 1 aromatic rings. The van der Waals surface area contributed by atoms with Crippen molar-refractivity contribution in [3.63, 3.8) is 0 Å². The molecule has 4 N–H and O–H groups in total. The van der Waals surface area contributed by atoms with Crippen molar-refractivity contribution in [1.82, 2.24) is 4.98 Å². The summed E-state index contributed by atoms with van der Waals surface area (Å²) in [6.07, 6.45) is 2.31. The summed E-state index contributed by atoms with van der Waals surface area (Å²) in [7, 11) is 0. The Balaban J connectivity index is 2.68. The van der Waals surface area contributed by atoms with Crippen LogP contribution in [0.1, 0.15) is 20.3 Å². The van der Waals surface area contributed by atoms with Gasteiger partial charge in [-0.2, -0.15) is 0 Å². The number of rotatable bonds is 4. The van der Waals surface area contributed by atoms with Crippen molar-refractivity contribution in [2.75, 3.05) is 5.32 Å². The second kappa shape index (κ2) is 5.46. The van der Waals surface area contributed by atoms with Crippen molar-refractivity contribution in [2.45, 2.75) is 26.3 Å². The van der Waals surface area contributed by atoms with E-state index in [1.54, 1.807) is 6.07 Å². The van der Waals surface area contributed by atoms with Gasteiger partial charge in [0.15, 0.2) is 11.6 Å². The summed E-state index contributed by atoms with van der Waals surface area (Å²) >= 11 is 0. The third-order valence-electron chi connectivity index (χ3n) is 2.59. The number of nitrogens with one attached hydrogen (secondary N) is 1. The molecule has 0 aromatic carbocycles. The molecule has 0 aliphatic rings. The Hall–Kier alpha value is -1.62. The molecule has 1 heterocycles. The fourth-order valence-corrected chi connectivity index (χ4v) is 1.21. The third-order valence-corrected chi connectivity index (χ3v) is 2.59. The first-order valence-corrected chi connectivity index (χ1v) is 5.26. The Kier molecular flexibility index (Phi) is 4.25. The summed E-state index contributed by atoms with van der Waals surface area (Å²) in [5, 5.41) is 11.9. The second-order valence-corrected chi connectivity index (χ2v) is 3.77. The molecule has 0 aliphatic heterocycles.